The first-order valence-electron chi connectivity index (χ1n) is 11.4. The highest BCUT2D eigenvalue weighted by atomic mass is 16.5. The molecular weight excluding hydrogens is 428 g/mol. The van der Waals surface area contributed by atoms with E-state index in [0.29, 0.717) is 17.9 Å². The molecule has 3 aromatic rings. The molecule has 0 saturated carbocycles. The van der Waals surface area contributed by atoms with Crippen LogP contribution in [0.3, 0.4) is 0 Å². The van der Waals surface area contributed by atoms with Gasteiger partial charge < -0.3 is 24.8 Å². The SMILES string of the molecule is COc1ccc([C@@H]2CC(=O)C3=C(C2)Nc2ccccc2N[C@H]3c2cc(OC)ccc2OC)cc1. The highest BCUT2D eigenvalue weighted by Crippen LogP contribution is 2.46. The van der Waals surface area contributed by atoms with E-state index in [1.807, 2.05) is 66.7 Å². The lowest BCUT2D eigenvalue weighted by Crippen LogP contribution is -2.27. The number of benzene rings is 3. The molecule has 1 aliphatic carbocycles. The third kappa shape index (κ3) is 3.96. The van der Waals surface area contributed by atoms with Crippen LogP contribution in [0.5, 0.6) is 17.2 Å². The molecular formula is C28H28N2O4. The highest BCUT2D eigenvalue weighted by molar-refractivity contribution is 6.01. The van der Waals surface area contributed by atoms with Crippen molar-refractivity contribution < 1.29 is 19.0 Å². The molecule has 3 aromatic carbocycles. The van der Waals surface area contributed by atoms with Crippen LogP contribution in [0.25, 0.3) is 0 Å². The first-order chi connectivity index (χ1) is 16.6. The number of para-hydroxylation sites is 2. The first kappa shape index (κ1) is 21.9. The van der Waals surface area contributed by atoms with Crippen molar-refractivity contribution in [3.05, 3.63) is 89.1 Å². The summed E-state index contributed by atoms with van der Waals surface area (Å²) in [7, 11) is 4.94. The van der Waals surface area contributed by atoms with Gasteiger partial charge in [-0.2, -0.15) is 0 Å². The Hall–Kier alpha value is -3.93. The van der Waals surface area contributed by atoms with Crippen LogP contribution in [0.15, 0.2) is 78.0 Å². The van der Waals surface area contributed by atoms with Crippen molar-refractivity contribution in [2.24, 2.45) is 0 Å². The highest BCUT2D eigenvalue weighted by Gasteiger charge is 2.37. The van der Waals surface area contributed by atoms with Crippen LogP contribution >= 0.6 is 0 Å². The molecule has 6 heteroatoms. The van der Waals surface area contributed by atoms with Crippen LogP contribution in [0, 0.1) is 0 Å². The van der Waals surface area contributed by atoms with E-state index in [2.05, 4.69) is 10.6 Å². The van der Waals surface area contributed by atoms with E-state index in [1.165, 1.54) is 0 Å². The van der Waals surface area contributed by atoms with Gasteiger partial charge in [-0.1, -0.05) is 24.3 Å². The van der Waals surface area contributed by atoms with Gasteiger partial charge in [0.05, 0.1) is 38.7 Å². The molecule has 0 unspecified atom stereocenters. The fourth-order valence-corrected chi connectivity index (χ4v) is 4.90. The Labute approximate surface area is 199 Å². The summed E-state index contributed by atoms with van der Waals surface area (Å²) < 4.78 is 16.5. The van der Waals surface area contributed by atoms with Crippen LogP contribution in [-0.4, -0.2) is 27.1 Å². The minimum absolute atomic E-state index is 0.0859. The lowest BCUT2D eigenvalue weighted by Gasteiger charge is -2.30. The quantitative estimate of drug-likeness (QED) is 0.514. The van der Waals surface area contributed by atoms with Crippen molar-refractivity contribution in [1.82, 2.24) is 0 Å². The van der Waals surface area contributed by atoms with Gasteiger partial charge in [0.1, 0.15) is 17.2 Å². The molecule has 0 radical (unpaired) electrons. The normalized spacial score (nSPS) is 19.2. The van der Waals surface area contributed by atoms with Crippen LogP contribution in [0.2, 0.25) is 0 Å². The molecule has 2 aliphatic rings. The summed E-state index contributed by atoms with van der Waals surface area (Å²) in [5.41, 5.74) is 5.55. The Morgan fingerprint density at radius 2 is 1.50 bits per heavy atom. The van der Waals surface area contributed by atoms with E-state index in [9.17, 15) is 4.79 Å². The first-order valence-corrected chi connectivity index (χ1v) is 11.4. The molecule has 2 N–H and O–H groups in total. The van der Waals surface area contributed by atoms with Gasteiger partial charge in [0.25, 0.3) is 0 Å². The number of allylic oxidation sites excluding steroid dienone is 1. The maximum atomic E-state index is 13.7. The second-order valence-corrected chi connectivity index (χ2v) is 8.55. The molecule has 174 valence electrons. The number of hydrogen-bond acceptors (Lipinski definition) is 6. The van der Waals surface area contributed by atoms with E-state index in [1.54, 1.807) is 21.3 Å². The van der Waals surface area contributed by atoms with Crippen LogP contribution in [0.4, 0.5) is 11.4 Å². The summed E-state index contributed by atoms with van der Waals surface area (Å²) in [5.74, 6) is 2.42. The molecule has 6 nitrogen and oxygen atoms in total. The average Bonchev–Trinajstić information content (AvgIpc) is 3.05. The van der Waals surface area contributed by atoms with E-state index in [4.69, 9.17) is 14.2 Å². The summed E-state index contributed by atoms with van der Waals surface area (Å²) >= 11 is 0. The molecule has 1 aliphatic heterocycles. The minimum atomic E-state index is -0.375. The zero-order valence-electron chi connectivity index (χ0n) is 19.6. The van der Waals surface area contributed by atoms with Crippen molar-refractivity contribution in [2.45, 2.75) is 24.8 Å². The number of Topliss-reactive ketones (excluding diaryl/α,β-unsaturated/α-hetero) is 1. The smallest absolute Gasteiger partial charge is 0.163 e. The van der Waals surface area contributed by atoms with E-state index in [-0.39, 0.29) is 17.7 Å². The standard InChI is InChI=1S/C28H28N2O4/c1-32-19-10-8-17(9-11-19)18-14-24-27(25(31)15-18)28(30-23-7-5-4-6-22(23)29-24)21-16-20(33-2)12-13-26(21)34-3/h4-13,16,18,28-30H,14-15H2,1-3H3/t18-,28-/m0/s1. The lowest BCUT2D eigenvalue weighted by atomic mass is 9.78. The number of ether oxygens (including phenoxy) is 3. The molecule has 0 saturated heterocycles. The molecule has 2 atom stereocenters. The van der Waals surface area contributed by atoms with Gasteiger partial charge in [0.2, 0.25) is 0 Å². The summed E-state index contributed by atoms with van der Waals surface area (Å²) in [4.78, 5) is 13.7. The molecule has 0 aromatic heterocycles. The second kappa shape index (κ2) is 9.14. The Morgan fingerprint density at radius 3 is 2.21 bits per heavy atom. The van der Waals surface area contributed by atoms with Crippen molar-refractivity contribution >= 4 is 17.2 Å². The number of carbonyl (C=O) groups excluding carboxylic acids is 1. The molecule has 0 amide bonds. The molecule has 1 heterocycles. The molecule has 5 rings (SSSR count). The Kier molecular flexibility index (Phi) is 5.88. The number of anilines is 2. The van der Waals surface area contributed by atoms with Crippen molar-refractivity contribution in [1.29, 1.82) is 0 Å². The van der Waals surface area contributed by atoms with Gasteiger partial charge in [-0.25, -0.2) is 0 Å². The molecule has 34 heavy (non-hydrogen) atoms. The average molecular weight is 457 g/mol. The fourth-order valence-electron chi connectivity index (χ4n) is 4.90. The van der Waals surface area contributed by atoms with E-state index in [0.717, 1.165) is 45.9 Å². The summed E-state index contributed by atoms with van der Waals surface area (Å²) in [6.45, 7) is 0. The Balaban J connectivity index is 1.62. The van der Waals surface area contributed by atoms with Crippen molar-refractivity contribution in [3.63, 3.8) is 0 Å². The maximum absolute atomic E-state index is 13.7. The Morgan fingerprint density at radius 1 is 0.794 bits per heavy atom. The van der Waals surface area contributed by atoms with Gasteiger partial charge in [-0.15, -0.1) is 0 Å². The number of ketones is 1. The number of carbonyl (C=O) groups is 1. The number of methoxy groups -OCH3 is 3. The molecule has 0 fully saturated rings. The summed E-state index contributed by atoms with van der Waals surface area (Å²) in [6.07, 6.45) is 1.17. The third-order valence-corrected chi connectivity index (χ3v) is 6.64. The topological polar surface area (TPSA) is 68.8 Å². The monoisotopic (exact) mass is 456 g/mol. The van der Waals surface area contributed by atoms with Crippen molar-refractivity contribution in [3.8, 4) is 17.2 Å². The number of rotatable bonds is 5. The zero-order valence-corrected chi connectivity index (χ0v) is 19.6. The number of fused-ring (bicyclic) bond motifs is 1. The maximum Gasteiger partial charge on any atom is 0.163 e. The predicted molar refractivity (Wildman–Crippen MR) is 133 cm³/mol. The molecule has 0 spiro atoms. The Bertz CT molecular complexity index is 1250. The van der Waals surface area contributed by atoms with Gasteiger partial charge >= 0.3 is 0 Å². The van der Waals surface area contributed by atoms with Gasteiger partial charge in [0, 0.05) is 23.3 Å². The van der Waals surface area contributed by atoms with Crippen molar-refractivity contribution in [2.75, 3.05) is 32.0 Å². The van der Waals surface area contributed by atoms with Crippen LogP contribution < -0.4 is 24.8 Å². The zero-order chi connectivity index (χ0) is 23.7. The van der Waals surface area contributed by atoms with Crippen LogP contribution in [0.1, 0.15) is 35.9 Å². The fraction of sp³-hybridized carbons (Fsp3) is 0.250. The van der Waals surface area contributed by atoms with Gasteiger partial charge in [-0.3, -0.25) is 4.79 Å². The third-order valence-electron chi connectivity index (χ3n) is 6.64. The minimum Gasteiger partial charge on any atom is -0.497 e. The number of nitrogens with one attached hydrogen (secondary N) is 2. The van der Waals surface area contributed by atoms with E-state index >= 15 is 0 Å². The summed E-state index contributed by atoms with van der Waals surface area (Å²) in [6, 6.07) is 21.3. The van der Waals surface area contributed by atoms with Gasteiger partial charge in [0.15, 0.2) is 5.78 Å². The largest absolute Gasteiger partial charge is 0.497 e. The van der Waals surface area contributed by atoms with Crippen LogP contribution in [-0.2, 0) is 4.79 Å². The number of hydrogen-bond donors (Lipinski definition) is 2. The lowest BCUT2D eigenvalue weighted by molar-refractivity contribution is -0.116. The summed E-state index contributed by atoms with van der Waals surface area (Å²) in [5, 5.41) is 7.19. The molecule has 0 bridgehead atoms. The van der Waals surface area contributed by atoms with E-state index < -0.39 is 0 Å². The second-order valence-electron chi connectivity index (χ2n) is 8.55. The predicted octanol–water partition coefficient (Wildman–Crippen LogP) is 5.69. The van der Waals surface area contributed by atoms with Gasteiger partial charge in [-0.05, 0) is 60.4 Å².